The zero-order valence-electron chi connectivity index (χ0n) is 13.9. The lowest BCUT2D eigenvalue weighted by Gasteiger charge is -2.19. The molecule has 0 amide bonds. The summed E-state index contributed by atoms with van der Waals surface area (Å²) >= 11 is 0. The molecule has 0 aliphatic carbocycles. The van der Waals surface area contributed by atoms with E-state index >= 15 is 0 Å². The predicted molar refractivity (Wildman–Crippen MR) is 89.8 cm³/mol. The number of hydrogen-bond acceptors (Lipinski definition) is 3. The summed E-state index contributed by atoms with van der Waals surface area (Å²) in [6.45, 7) is 13.6. The summed E-state index contributed by atoms with van der Waals surface area (Å²) in [5, 5.41) is 3.31. The van der Waals surface area contributed by atoms with E-state index in [1.165, 1.54) is 16.7 Å². The van der Waals surface area contributed by atoms with Crippen LogP contribution in [-0.4, -0.2) is 16.5 Å². The average molecular weight is 283 g/mol. The number of nitrogens with one attached hydrogen (secondary N) is 1. The topological polar surface area (TPSA) is 37.8 Å². The summed E-state index contributed by atoms with van der Waals surface area (Å²) < 4.78 is 0. The molecular formula is C18H25N3. The van der Waals surface area contributed by atoms with E-state index in [0.717, 1.165) is 23.9 Å². The van der Waals surface area contributed by atoms with Gasteiger partial charge in [-0.1, -0.05) is 44.5 Å². The Morgan fingerprint density at radius 2 is 1.76 bits per heavy atom. The molecule has 0 aliphatic rings. The maximum Gasteiger partial charge on any atom is 0.136 e. The minimum absolute atomic E-state index is 0.0707. The zero-order valence-corrected chi connectivity index (χ0v) is 13.9. The minimum atomic E-state index is -0.0707. The highest BCUT2D eigenvalue weighted by Gasteiger charge is 2.19. The summed E-state index contributed by atoms with van der Waals surface area (Å²) in [6, 6.07) is 8.51. The van der Waals surface area contributed by atoms with Crippen LogP contribution in [0.3, 0.4) is 0 Å². The molecule has 0 bridgehead atoms. The van der Waals surface area contributed by atoms with Crippen LogP contribution in [0, 0.1) is 13.8 Å². The minimum Gasteiger partial charge on any atom is -0.370 e. The standard InChI is InChI=1S/C18H25N3/c1-7-19-16-11-15(20-17(21-16)18(4,5)6)14-9-8-12(2)10-13(14)3/h8-11H,7H2,1-6H3,(H,19,20,21). The molecule has 0 unspecified atom stereocenters. The molecule has 0 saturated heterocycles. The first-order chi connectivity index (χ1) is 9.81. The SMILES string of the molecule is CCNc1cc(-c2ccc(C)cc2C)nc(C(C)(C)C)n1. The third-order valence-electron chi connectivity index (χ3n) is 3.41. The fraction of sp³-hybridized carbons (Fsp3) is 0.444. The first kappa shape index (κ1) is 15.5. The van der Waals surface area contributed by atoms with Gasteiger partial charge in [-0.05, 0) is 26.3 Å². The Kier molecular flexibility index (Phi) is 4.31. The molecular weight excluding hydrogens is 258 g/mol. The number of nitrogens with zero attached hydrogens (tertiary/aromatic N) is 2. The second kappa shape index (κ2) is 5.84. The van der Waals surface area contributed by atoms with Crippen LogP contribution >= 0.6 is 0 Å². The van der Waals surface area contributed by atoms with Crippen molar-refractivity contribution >= 4 is 5.82 Å². The van der Waals surface area contributed by atoms with Gasteiger partial charge in [0.05, 0.1) is 5.69 Å². The van der Waals surface area contributed by atoms with Gasteiger partial charge in [0.25, 0.3) is 0 Å². The van der Waals surface area contributed by atoms with E-state index in [9.17, 15) is 0 Å². The number of benzene rings is 1. The van der Waals surface area contributed by atoms with Crippen molar-refractivity contribution in [2.24, 2.45) is 0 Å². The van der Waals surface area contributed by atoms with Crippen molar-refractivity contribution in [3.8, 4) is 11.3 Å². The smallest absolute Gasteiger partial charge is 0.136 e. The van der Waals surface area contributed by atoms with Gasteiger partial charge >= 0.3 is 0 Å². The van der Waals surface area contributed by atoms with Crippen LogP contribution in [0.5, 0.6) is 0 Å². The van der Waals surface area contributed by atoms with E-state index in [2.05, 4.69) is 70.0 Å². The number of anilines is 1. The molecule has 0 saturated carbocycles. The zero-order chi connectivity index (χ0) is 15.6. The van der Waals surface area contributed by atoms with E-state index in [4.69, 9.17) is 4.98 Å². The fourth-order valence-corrected chi connectivity index (χ4v) is 2.29. The molecule has 0 radical (unpaired) electrons. The highest BCUT2D eigenvalue weighted by Crippen LogP contribution is 2.27. The first-order valence-electron chi connectivity index (χ1n) is 7.52. The second-order valence-corrected chi connectivity index (χ2v) is 6.56. The maximum atomic E-state index is 4.80. The maximum absolute atomic E-state index is 4.80. The van der Waals surface area contributed by atoms with Crippen LogP contribution < -0.4 is 5.32 Å². The van der Waals surface area contributed by atoms with Crippen molar-refractivity contribution < 1.29 is 0 Å². The summed E-state index contributed by atoms with van der Waals surface area (Å²) in [4.78, 5) is 9.44. The van der Waals surface area contributed by atoms with Crippen molar-refractivity contribution in [3.05, 3.63) is 41.2 Å². The largest absolute Gasteiger partial charge is 0.370 e. The number of rotatable bonds is 3. The lowest BCUT2D eigenvalue weighted by atomic mass is 9.95. The molecule has 0 aliphatic heterocycles. The lowest BCUT2D eigenvalue weighted by Crippen LogP contribution is -2.18. The molecule has 0 atom stereocenters. The molecule has 0 fully saturated rings. The summed E-state index contributed by atoms with van der Waals surface area (Å²) in [6.07, 6.45) is 0. The molecule has 3 heteroatoms. The molecule has 1 aromatic heterocycles. The van der Waals surface area contributed by atoms with Gasteiger partial charge in [-0.3, -0.25) is 0 Å². The Morgan fingerprint density at radius 1 is 1.05 bits per heavy atom. The molecule has 2 aromatic rings. The Hall–Kier alpha value is -1.90. The molecule has 21 heavy (non-hydrogen) atoms. The van der Waals surface area contributed by atoms with Gasteiger partial charge in [0.15, 0.2) is 0 Å². The van der Waals surface area contributed by atoms with Crippen LogP contribution in [0.2, 0.25) is 0 Å². The molecule has 3 nitrogen and oxygen atoms in total. The fourth-order valence-electron chi connectivity index (χ4n) is 2.29. The molecule has 112 valence electrons. The van der Waals surface area contributed by atoms with Gasteiger partial charge in [-0.25, -0.2) is 9.97 Å². The molecule has 1 N–H and O–H groups in total. The van der Waals surface area contributed by atoms with Crippen molar-refractivity contribution in [1.82, 2.24) is 9.97 Å². The van der Waals surface area contributed by atoms with Crippen LogP contribution in [0.4, 0.5) is 5.82 Å². The first-order valence-corrected chi connectivity index (χ1v) is 7.52. The van der Waals surface area contributed by atoms with Gasteiger partial charge in [0.2, 0.25) is 0 Å². The molecule has 2 rings (SSSR count). The van der Waals surface area contributed by atoms with Gasteiger partial charge < -0.3 is 5.32 Å². The highest BCUT2D eigenvalue weighted by atomic mass is 15.0. The van der Waals surface area contributed by atoms with Gasteiger partial charge in [-0.15, -0.1) is 0 Å². The summed E-state index contributed by atoms with van der Waals surface area (Å²) in [5.41, 5.74) is 4.61. The van der Waals surface area contributed by atoms with Crippen molar-refractivity contribution in [1.29, 1.82) is 0 Å². The van der Waals surface area contributed by atoms with Gasteiger partial charge in [-0.2, -0.15) is 0 Å². The van der Waals surface area contributed by atoms with E-state index < -0.39 is 0 Å². The predicted octanol–water partition coefficient (Wildman–Crippen LogP) is 4.49. The monoisotopic (exact) mass is 283 g/mol. The third kappa shape index (κ3) is 3.60. The average Bonchev–Trinajstić information content (AvgIpc) is 2.37. The van der Waals surface area contributed by atoms with E-state index in [0.29, 0.717) is 0 Å². The van der Waals surface area contributed by atoms with E-state index in [-0.39, 0.29) is 5.41 Å². The van der Waals surface area contributed by atoms with E-state index in [1.54, 1.807) is 0 Å². The normalized spacial score (nSPS) is 11.5. The quantitative estimate of drug-likeness (QED) is 0.902. The molecule has 1 heterocycles. The lowest BCUT2D eigenvalue weighted by molar-refractivity contribution is 0.546. The Morgan fingerprint density at radius 3 is 2.33 bits per heavy atom. The Labute approximate surface area is 127 Å². The third-order valence-corrected chi connectivity index (χ3v) is 3.41. The number of aryl methyl sites for hydroxylation is 2. The van der Waals surface area contributed by atoms with Crippen LogP contribution in [0.1, 0.15) is 44.6 Å². The molecule has 0 spiro atoms. The van der Waals surface area contributed by atoms with Gasteiger partial charge in [0.1, 0.15) is 11.6 Å². The summed E-state index contributed by atoms with van der Waals surface area (Å²) in [5.74, 6) is 1.77. The number of hydrogen-bond donors (Lipinski definition) is 1. The Balaban J connectivity index is 2.59. The van der Waals surface area contributed by atoms with Crippen molar-refractivity contribution in [2.45, 2.75) is 47.0 Å². The van der Waals surface area contributed by atoms with Crippen LogP contribution in [0.25, 0.3) is 11.3 Å². The van der Waals surface area contributed by atoms with Crippen molar-refractivity contribution in [3.63, 3.8) is 0 Å². The molecule has 1 aromatic carbocycles. The van der Waals surface area contributed by atoms with Crippen LogP contribution in [-0.2, 0) is 5.41 Å². The summed E-state index contributed by atoms with van der Waals surface area (Å²) in [7, 11) is 0. The highest BCUT2D eigenvalue weighted by molar-refractivity contribution is 5.66. The van der Waals surface area contributed by atoms with Crippen LogP contribution in [0.15, 0.2) is 24.3 Å². The Bertz CT molecular complexity index is 639. The van der Waals surface area contributed by atoms with Gasteiger partial charge in [0, 0.05) is 23.6 Å². The van der Waals surface area contributed by atoms with E-state index in [1.807, 2.05) is 6.07 Å². The number of aromatic nitrogens is 2. The van der Waals surface area contributed by atoms with Crippen molar-refractivity contribution in [2.75, 3.05) is 11.9 Å². The second-order valence-electron chi connectivity index (χ2n) is 6.56.